The van der Waals surface area contributed by atoms with Crippen molar-refractivity contribution in [3.05, 3.63) is 101 Å². The molecule has 8 heteroatoms. The molecule has 0 radical (unpaired) electrons. The maximum absolute atomic E-state index is 14.3. The molecule has 0 amide bonds. The highest BCUT2D eigenvalue weighted by atomic mass is 32.2. The van der Waals surface area contributed by atoms with Crippen molar-refractivity contribution in [2.24, 2.45) is 0 Å². The van der Waals surface area contributed by atoms with Crippen LogP contribution in [0.4, 0.5) is 17.6 Å². The van der Waals surface area contributed by atoms with Crippen LogP contribution in [0.2, 0.25) is 0 Å². The van der Waals surface area contributed by atoms with Gasteiger partial charge in [-0.25, -0.2) is 12.8 Å². The lowest BCUT2D eigenvalue weighted by Gasteiger charge is -2.29. The fraction of sp³-hybridized carbons (Fsp3) is 0.182. The summed E-state index contributed by atoms with van der Waals surface area (Å²) in [6.07, 6.45) is -4.56. The predicted molar refractivity (Wildman–Crippen MR) is 105 cm³/mol. The van der Waals surface area contributed by atoms with E-state index < -0.39 is 38.5 Å². The zero-order chi connectivity index (χ0) is 21.9. The molecule has 158 valence electrons. The van der Waals surface area contributed by atoms with Crippen molar-refractivity contribution in [2.75, 3.05) is 0 Å². The van der Waals surface area contributed by atoms with E-state index in [9.17, 15) is 26.0 Å². The van der Waals surface area contributed by atoms with Gasteiger partial charge in [-0.2, -0.15) is 17.5 Å². The molecule has 0 N–H and O–H groups in total. The fourth-order valence-electron chi connectivity index (χ4n) is 3.13. The Labute approximate surface area is 172 Å². The van der Waals surface area contributed by atoms with Crippen LogP contribution in [0, 0.1) is 5.82 Å². The van der Waals surface area contributed by atoms with Gasteiger partial charge in [0.25, 0.3) is 0 Å². The van der Waals surface area contributed by atoms with Gasteiger partial charge >= 0.3 is 6.18 Å². The van der Waals surface area contributed by atoms with Crippen LogP contribution >= 0.6 is 0 Å². The Kier molecular flexibility index (Phi) is 6.28. The van der Waals surface area contributed by atoms with Gasteiger partial charge in [-0.3, -0.25) is 0 Å². The third-order valence-electron chi connectivity index (χ3n) is 4.73. The van der Waals surface area contributed by atoms with Crippen LogP contribution in [-0.2, 0) is 22.7 Å². The molecule has 1 unspecified atom stereocenters. The first kappa shape index (κ1) is 22.0. The first-order valence-electron chi connectivity index (χ1n) is 9.08. The van der Waals surface area contributed by atoms with Gasteiger partial charge in [-0.1, -0.05) is 60.7 Å². The van der Waals surface area contributed by atoms with Crippen molar-refractivity contribution in [3.8, 4) is 0 Å². The number of hydrogen-bond donors (Lipinski definition) is 0. The van der Waals surface area contributed by atoms with E-state index in [1.807, 2.05) is 0 Å². The molecule has 3 aromatic rings. The molecule has 3 aromatic carbocycles. The highest BCUT2D eigenvalue weighted by Gasteiger charge is 2.34. The van der Waals surface area contributed by atoms with Crippen molar-refractivity contribution in [2.45, 2.75) is 30.6 Å². The zero-order valence-corrected chi connectivity index (χ0v) is 16.8. The monoisotopic (exact) mass is 437 g/mol. The van der Waals surface area contributed by atoms with Crippen LogP contribution in [0.25, 0.3) is 0 Å². The molecule has 3 rings (SSSR count). The van der Waals surface area contributed by atoms with E-state index in [0.29, 0.717) is 5.56 Å². The van der Waals surface area contributed by atoms with E-state index in [1.54, 1.807) is 37.3 Å². The van der Waals surface area contributed by atoms with Gasteiger partial charge in [0.1, 0.15) is 10.7 Å². The molecular formula is C22H19F4NO2S. The minimum Gasteiger partial charge on any atom is -0.207 e. The summed E-state index contributed by atoms with van der Waals surface area (Å²) >= 11 is 0. The Balaban J connectivity index is 2.08. The SMILES string of the molecule is CC(c1ccccc1)N(Cc1cccc(C(F)(F)F)c1)S(=O)(=O)c1ccccc1F. The van der Waals surface area contributed by atoms with Crippen molar-refractivity contribution in [3.63, 3.8) is 0 Å². The number of nitrogens with zero attached hydrogens (tertiary/aromatic N) is 1. The Morgan fingerprint density at radius 2 is 1.53 bits per heavy atom. The summed E-state index contributed by atoms with van der Waals surface area (Å²) in [7, 11) is -4.35. The second-order valence-corrected chi connectivity index (χ2v) is 8.62. The standard InChI is InChI=1S/C22H19F4NO2S/c1-16(18-9-3-2-4-10-18)27(30(28,29)21-13-6-5-12-20(21)23)15-17-8-7-11-19(14-17)22(24,25)26/h2-14,16H,15H2,1H3. The minimum atomic E-state index is -4.56. The van der Waals surface area contributed by atoms with Gasteiger partial charge < -0.3 is 0 Å². The van der Waals surface area contributed by atoms with Gasteiger partial charge in [0.2, 0.25) is 10.0 Å². The largest absolute Gasteiger partial charge is 0.416 e. The first-order chi connectivity index (χ1) is 14.1. The van der Waals surface area contributed by atoms with Crippen LogP contribution < -0.4 is 0 Å². The number of alkyl halides is 3. The number of halogens is 4. The molecular weight excluding hydrogens is 418 g/mol. The van der Waals surface area contributed by atoms with E-state index >= 15 is 0 Å². The summed E-state index contributed by atoms with van der Waals surface area (Å²) in [5, 5.41) is 0. The molecule has 1 atom stereocenters. The van der Waals surface area contributed by atoms with Crippen LogP contribution in [-0.4, -0.2) is 12.7 Å². The summed E-state index contributed by atoms with van der Waals surface area (Å²) in [5.74, 6) is -0.924. The number of benzene rings is 3. The number of rotatable bonds is 6. The number of sulfonamides is 1. The van der Waals surface area contributed by atoms with E-state index in [4.69, 9.17) is 0 Å². The second-order valence-electron chi connectivity index (χ2n) is 6.77. The maximum atomic E-state index is 14.3. The Morgan fingerprint density at radius 3 is 2.17 bits per heavy atom. The van der Waals surface area contributed by atoms with E-state index in [1.165, 1.54) is 24.3 Å². The lowest BCUT2D eigenvalue weighted by atomic mass is 10.1. The third-order valence-corrected chi connectivity index (χ3v) is 6.68. The van der Waals surface area contributed by atoms with Crippen LogP contribution in [0.1, 0.15) is 29.7 Å². The average molecular weight is 437 g/mol. The maximum Gasteiger partial charge on any atom is 0.416 e. The molecule has 30 heavy (non-hydrogen) atoms. The van der Waals surface area contributed by atoms with Gasteiger partial charge in [0.05, 0.1) is 5.56 Å². The molecule has 0 saturated heterocycles. The summed E-state index contributed by atoms with van der Waals surface area (Å²) in [6, 6.07) is 17.3. The average Bonchev–Trinajstić information content (AvgIpc) is 2.72. The van der Waals surface area contributed by atoms with Crippen molar-refractivity contribution < 1.29 is 26.0 Å². The lowest BCUT2D eigenvalue weighted by Crippen LogP contribution is -2.34. The predicted octanol–water partition coefficient (Wildman–Crippen LogP) is 5.80. The summed E-state index contributed by atoms with van der Waals surface area (Å²) in [6.45, 7) is 1.26. The summed E-state index contributed by atoms with van der Waals surface area (Å²) in [4.78, 5) is -0.528. The Hall–Kier alpha value is -2.71. The normalized spacial score (nSPS) is 13.4. The van der Waals surface area contributed by atoms with Crippen LogP contribution in [0.5, 0.6) is 0 Å². The van der Waals surface area contributed by atoms with Gasteiger partial charge in [-0.05, 0) is 36.2 Å². The topological polar surface area (TPSA) is 37.4 Å². The fourth-order valence-corrected chi connectivity index (χ4v) is 4.81. The highest BCUT2D eigenvalue weighted by molar-refractivity contribution is 7.89. The van der Waals surface area contributed by atoms with Crippen molar-refractivity contribution in [1.29, 1.82) is 0 Å². The molecule has 0 saturated carbocycles. The minimum absolute atomic E-state index is 0.146. The molecule has 0 fully saturated rings. The second kappa shape index (κ2) is 8.57. The molecule has 0 aromatic heterocycles. The molecule has 0 spiro atoms. The quantitative estimate of drug-likeness (QED) is 0.458. The van der Waals surface area contributed by atoms with Gasteiger partial charge in [-0.15, -0.1) is 0 Å². The van der Waals surface area contributed by atoms with Crippen LogP contribution in [0.3, 0.4) is 0 Å². The molecule has 3 nitrogen and oxygen atoms in total. The molecule has 0 aliphatic heterocycles. The van der Waals surface area contributed by atoms with E-state index in [-0.39, 0.29) is 12.1 Å². The van der Waals surface area contributed by atoms with Crippen molar-refractivity contribution in [1.82, 2.24) is 4.31 Å². The Bertz CT molecular complexity index is 1120. The van der Waals surface area contributed by atoms with Gasteiger partial charge in [0.15, 0.2) is 0 Å². The molecule has 0 bridgehead atoms. The van der Waals surface area contributed by atoms with Crippen molar-refractivity contribution >= 4 is 10.0 Å². The smallest absolute Gasteiger partial charge is 0.207 e. The lowest BCUT2D eigenvalue weighted by molar-refractivity contribution is -0.137. The van der Waals surface area contributed by atoms with Crippen LogP contribution in [0.15, 0.2) is 83.8 Å². The van der Waals surface area contributed by atoms with Gasteiger partial charge in [0, 0.05) is 12.6 Å². The first-order valence-corrected chi connectivity index (χ1v) is 10.5. The molecule has 0 aliphatic carbocycles. The molecule has 0 heterocycles. The Morgan fingerprint density at radius 1 is 0.900 bits per heavy atom. The zero-order valence-electron chi connectivity index (χ0n) is 16.0. The summed E-state index contributed by atoms with van der Waals surface area (Å²) in [5.41, 5.74) is -0.104. The number of hydrogen-bond acceptors (Lipinski definition) is 2. The van der Waals surface area contributed by atoms with E-state index in [2.05, 4.69) is 0 Å². The highest BCUT2D eigenvalue weighted by Crippen LogP contribution is 2.33. The molecule has 0 aliphatic rings. The summed E-state index contributed by atoms with van der Waals surface area (Å²) < 4.78 is 81.3. The third kappa shape index (κ3) is 4.71. The van der Waals surface area contributed by atoms with E-state index in [0.717, 1.165) is 28.6 Å².